The van der Waals surface area contributed by atoms with E-state index in [1.54, 1.807) is 13.3 Å². The number of benzene rings is 1. The molecule has 0 fully saturated rings. The van der Waals surface area contributed by atoms with Crippen molar-refractivity contribution in [3.63, 3.8) is 0 Å². The van der Waals surface area contributed by atoms with Crippen molar-refractivity contribution in [3.8, 4) is 5.75 Å². The molecular formula is C15H20IN3O2. The topological polar surface area (TPSA) is 47.3 Å². The molecule has 2 aromatic rings. The number of nitrogens with zero attached hydrogens (tertiary/aromatic N) is 2. The number of ether oxygens (including phenoxy) is 2. The standard InChI is InChI=1S/C15H19N3O2.HI/c1-3-18-11-7-10-16-15(18)17-12-14(19-2)20-13-8-5-4-6-9-13;/h4-11,14H,3,12H2,1-2H3;1H. The minimum Gasteiger partial charge on any atom is -1.00 e. The van der Waals surface area contributed by atoms with E-state index in [0.717, 1.165) is 18.2 Å². The summed E-state index contributed by atoms with van der Waals surface area (Å²) in [5.41, 5.74) is 0. The first kappa shape index (κ1) is 17.6. The van der Waals surface area contributed by atoms with Gasteiger partial charge in [0.05, 0.1) is 12.7 Å². The molecular weight excluding hydrogens is 381 g/mol. The van der Waals surface area contributed by atoms with Gasteiger partial charge in [0.25, 0.3) is 0 Å². The molecule has 1 aromatic heterocycles. The molecule has 0 aliphatic rings. The van der Waals surface area contributed by atoms with Crippen LogP contribution in [-0.2, 0) is 11.3 Å². The lowest BCUT2D eigenvalue weighted by Crippen LogP contribution is -3.00. The molecule has 21 heavy (non-hydrogen) atoms. The van der Waals surface area contributed by atoms with Crippen LogP contribution >= 0.6 is 0 Å². The highest BCUT2D eigenvalue weighted by molar-refractivity contribution is 5.21. The molecule has 0 amide bonds. The molecule has 1 aromatic carbocycles. The Balaban J connectivity index is 0.00000220. The molecule has 1 atom stereocenters. The van der Waals surface area contributed by atoms with Crippen LogP contribution in [-0.4, -0.2) is 24.9 Å². The second-order valence-corrected chi connectivity index (χ2v) is 4.21. The van der Waals surface area contributed by atoms with E-state index in [0.29, 0.717) is 6.54 Å². The Morgan fingerprint density at radius 1 is 1.24 bits per heavy atom. The predicted molar refractivity (Wildman–Crippen MR) is 76.5 cm³/mol. The van der Waals surface area contributed by atoms with Gasteiger partial charge in [-0.3, -0.25) is 5.32 Å². The van der Waals surface area contributed by atoms with Gasteiger partial charge < -0.3 is 33.5 Å². The second-order valence-electron chi connectivity index (χ2n) is 4.21. The quantitative estimate of drug-likeness (QED) is 0.362. The summed E-state index contributed by atoms with van der Waals surface area (Å²) in [6.07, 6.45) is 3.37. The lowest BCUT2D eigenvalue weighted by Gasteiger charge is -2.16. The maximum atomic E-state index is 5.74. The fraction of sp³-hybridized carbons (Fsp3) is 0.333. The van der Waals surface area contributed by atoms with Gasteiger partial charge in [-0.1, -0.05) is 23.2 Å². The molecule has 1 N–H and O–H groups in total. The largest absolute Gasteiger partial charge is 1.00 e. The van der Waals surface area contributed by atoms with E-state index >= 15 is 0 Å². The maximum Gasteiger partial charge on any atom is 0.391 e. The first-order chi connectivity index (χ1) is 9.83. The zero-order chi connectivity index (χ0) is 14.2. The number of nitrogens with one attached hydrogen (secondary N) is 1. The van der Waals surface area contributed by atoms with E-state index in [-0.39, 0.29) is 30.3 Å². The van der Waals surface area contributed by atoms with Crippen molar-refractivity contribution in [2.45, 2.75) is 19.8 Å². The summed E-state index contributed by atoms with van der Waals surface area (Å²) in [5, 5.41) is 3.24. The lowest BCUT2D eigenvalue weighted by atomic mass is 10.3. The molecule has 0 aliphatic heterocycles. The van der Waals surface area contributed by atoms with Crippen LogP contribution in [0.4, 0.5) is 5.95 Å². The van der Waals surface area contributed by atoms with Crippen LogP contribution in [0.25, 0.3) is 0 Å². The van der Waals surface area contributed by atoms with Crippen LogP contribution in [0.5, 0.6) is 5.75 Å². The normalized spacial score (nSPS) is 11.3. The van der Waals surface area contributed by atoms with Gasteiger partial charge in [0.15, 0.2) is 0 Å². The van der Waals surface area contributed by atoms with E-state index in [2.05, 4.69) is 17.2 Å². The molecule has 0 bridgehead atoms. The predicted octanol–water partition coefficient (Wildman–Crippen LogP) is -1.14. The summed E-state index contributed by atoms with van der Waals surface area (Å²) < 4.78 is 13.1. The van der Waals surface area contributed by atoms with Crippen molar-refractivity contribution in [2.24, 2.45) is 0 Å². The number of aryl methyl sites for hydroxylation is 1. The highest BCUT2D eigenvalue weighted by Crippen LogP contribution is 2.11. The summed E-state index contributed by atoms with van der Waals surface area (Å²) in [6, 6.07) is 11.5. The minimum atomic E-state index is -0.371. The Bertz CT molecular complexity index is 525. The number of hydrogen-bond acceptors (Lipinski definition) is 4. The van der Waals surface area contributed by atoms with Gasteiger partial charge >= 0.3 is 5.95 Å². The third kappa shape index (κ3) is 5.47. The first-order valence-corrected chi connectivity index (χ1v) is 6.66. The fourth-order valence-electron chi connectivity index (χ4n) is 1.80. The van der Waals surface area contributed by atoms with Crippen molar-refractivity contribution in [1.29, 1.82) is 0 Å². The van der Waals surface area contributed by atoms with E-state index in [1.165, 1.54) is 0 Å². The average molecular weight is 401 g/mol. The summed E-state index contributed by atoms with van der Waals surface area (Å²) in [5.74, 6) is 1.58. The third-order valence-electron chi connectivity index (χ3n) is 2.86. The summed E-state index contributed by atoms with van der Waals surface area (Å²) in [6.45, 7) is 3.44. The van der Waals surface area contributed by atoms with Crippen LogP contribution in [0.1, 0.15) is 6.92 Å². The van der Waals surface area contributed by atoms with Crippen molar-refractivity contribution in [1.82, 2.24) is 4.98 Å². The number of aromatic nitrogens is 2. The van der Waals surface area contributed by atoms with Crippen molar-refractivity contribution < 1.29 is 38.0 Å². The number of anilines is 1. The Labute approximate surface area is 142 Å². The molecule has 0 aliphatic carbocycles. The van der Waals surface area contributed by atoms with E-state index < -0.39 is 0 Å². The van der Waals surface area contributed by atoms with E-state index in [9.17, 15) is 0 Å². The summed E-state index contributed by atoms with van der Waals surface area (Å²) in [4.78, 5) is 4.30. The Morgan fingerprint density at radius 2 is 2.00 bits per heavy atom. The number of hydrogen-bond donors (Lipinski definition) is 1. The van der Waals surface area contributed by atoms with E-state index in [1.807, 2.05) is 47.2 Å². The number of rotatable bonds is 7. The van der Waals surface area contributed by atoms with Gasteiger partial charge in [0, 0.05) is 13.2 Å². The number of halogens is 1. The van der Waals surface area contributed by atoms with Gasteiger partial charge in [0.2, 0.25) is 6.29 Å². The Morgan fingerprint density at radius 3 is 2.67 bits per heavy atom. The van der Waals surface area contributed by atoms with Crippen LogP contribution in [0, 0.1) is 0 Å². The van der Waals surface area contributed by atoms with E-state index in [4.69, 9.17) is 9.47 Å². The maximum absolute atomic E-state index is 5.74. The van der Waals surface area contributed by atoms with Crippen molar-refractivity contribution in [2.75, 3.05) is 19.0 Å². The molecule has 6 heteroatoms. The van der Waals surface area contributed by atoms with Gasteiger partial charge in [-0.25, -0.2) is 4.57 Å². The summed E-state index contributed by atoms with van der Waals surface area (Å²) in [7, 11) is 1.63. The van der Waals surface area contributed by atoms with Crippen LogP contribution in [0.15, 0.2) is 48.8 Å². The molecule has 1 heterocycles. The zero-order valence-corrected chi connectivity index (χ0v) is 14.4. The van der Waals surface area contributed by atoms with Gasteiger partial charge in [0.1, 0.15) is 18.5 Å². The lowest BCUT2D eigenvalue weighted by molar-refractivity contribution is -0.682. The van der Waals surface area contributed by atoms with Gasteiger partial charge in [-0.2, -0.15) is 0 Å². The number of methoxy groups -OCH3 is 1. The molecule has 2 rings (SSSR count). The fourth-order valence-corrected chi connectivity index (χ4v) is 1.80. The van der Waals surface area contributed by atoms with Crippen molar-refractivity contribution in [3.05, 3.63) is 48.8 Å². The smallest absolute Gasteiger partial charge is 0.391 e. The highest BCUT2D eigenvalue weighted by Gasteiger charge is 2.14. The summed E-state index contributed by atoms with van der Waals surface area (Å²) >= 11 is 0. The molecule has 114 valence electrons. The highest BCUT2D eigenvalue weighted by atomic mass is 127. The van der Waals surface area contributed by atoms with Gasteiger partial charge in [-0.15, -0.1) is 0 Å². The average Bonchev–Trinajstić information content (AvgIpc) is 2.52. The third-order valence-corrected chi connectivity index (χ3v) is 2.86. The monoisotopic (exact) mass is 401 g/mol. The molecule has 0 radical (unpaired) electrons. The molecule has 0 saturated carbocycles. The van der Waals surface area contributed by atoms with Gasteiger partial charge in [-0.05, 0) is 19.1 Å². The molecule has 0 saturated heterocycles. The van der Waals surface area contributed by atoms with Crippen LogP contribution in [0.2, 0.25) is 0 Å². The Hall–Kier alpha value is -1.41. The molecule has 5 nitrogen and oxygen atoms in total. The second kappa shape index (κ2) is 9.51. The first-order valence-electron chi connectivity index (χ1n) is 6.66. The number of para-hydroxylation sites is 1. The molecule has 1 unspecified atom stereocenters. The van der Waals surface area contributed by atoms with Crippen LogP contribution < -0.4 is 38.6 Å². The van der Waals surface area contributed by atoms with Crippen molar-refractivity contribution >= 4 is 5.95 Å². The minimum absolute atomic E-state index is 0. The molecule has 0 spiro atoms. The zero-order valence-electron chi connectivity index (χ0n) is 12.2. The Kier molecular flexibility index (Phi) is 7.99. The van der Waals surface area contributed by atoms with Crippen LogP contribution in [0.3, 0.4) is 0 Å². The SMILES string of the molecule is CC[n+]1cccnc1NCC(OC)Oc1ccccc1.[I-].